The van der Waals surface area contributed by atoms with Gasteiger partial charge in [0, 0.05) is 31.1 Å². The van der Waals surface area contributed by atoms with Crippen molar-refractivity contribution in [3.8, 4) is 0 Å². The van der Waals surface area contributed by atoms with Gasteiger partial charge >= 0.3 is 0 Å². The molecule has 0 radical (unpaired) electrons. The fourth-order valence-electron chi connectivity index (χ4n) is 1.54. The van der Waals surface area contributed by atoms with Gasteiger partial charge in [-0.1, -0.05) is 0 Å². The Morgan fingerprint density at radius 3 is 2.69 bits per heavy atom. The molecule has 1 saturated carbocycles. The third kappa shape index (κ3) is 4.11. The Labute approximate surface area is 97.0 Å². The first-order valence-electron chi connectivity index (χ1n) is 6.02. The Balaban J connectivity index is 1.51. The summed E-state index contributed by atoms with van der Waals surface area (Å²) in [7, 11) is 0. The zero-order valence-electron chi connectivity index (χ0n) is 9.61. The minimum Gasteiger partial charge on any atom is -0.399 e. The smallest absolute Gasteiger partial charge is 0.0494 e. The van der Waals surface area contributed by atoms with Gasteiger partial charge in [0.1, 0.15) is 0 Å². The number of ether oxygens (including phenoxy) is 1. The number of anilines is 2. The van der Waals surface area contributed by atoms with Gasteiger partial charge in [-0.15, -0.1) is 0 Å². The van der Waals surface area contributed by atoms with Gasteiger partial charge in [0.05, 0.1) is 0 Å². The summed E-state index contributed by atoms with van der Waals surface area (Å²) in [6.07, 6.45) is 3.78. The zero-order valence-corrected chi connectivity index (χ0v) is 9.61. The predicted octanol–water partition coefficient (Wildman–Crippen LogP) is 2.50. The first kappa shape index (κ1) is 11.3. The summed E-state index contributed by atoms with van der Waals surface area (Å²) in [5.74, 6) is 0.866. The Hall–Kier alpha value is -1.22. The van der Waals surface area contributed by atoms with Gasteiger partial charge in [0.15, 0.2) is 0 Å². The fourth-order valence-corrected chi connectivity index (χ4v) is 1.54. The number of hydrogen-bond acceptors (Lipinski definition) is 3. The molecule has 16 heavy (non-hydrogen) atoms. The molecule has 0 heterocycles. The van der Waals surface area contributed by atoms with Crippen molar-refractivity contribution in [1.82, 2.24) is 0 Å². The second kappa shape index (κ2) is 5.75. The largest absolute Gasteiger partial charge is 0.399 e. The summed E-state index contributed by atoms with van der Waals surface area (Å²) >= 11 is 0. The highest BCUT2D eigenvalue weighted by Gasteiger charge is 2.20. The molecule has 1 aromatic rings. The molecule has 0 amide bonds. The zero-order chi connectivity index (χ0) is 11.2. The lowest BCUT2D eigenvalue weighted by Crippen LogP contribution is -2.06. The molecular formula is C13H20N2O. The Kier molecular flexibility index (Phi) is 4.05. The molecule has 3 heteroatoms. The summed E-state index contributed by atoms with van der Waals surface area (Å²) < 4.78 is 5.55. The minimum absolute atomic E-state index is 0.804. The van der Waals surface area contributed by atoms with Crippen LogP contribution in [0.25, 0.3) is 0 Å². The van der Waals surface area contributed by atoms with Crippen molar-refractivity contribution in [3.05, 3.63) is 24.3 Å². The number of nitrogens with one attached hydrogen (secondary N) is 1. The van der Waals surface area contributed by atoms with Gasteiger partial charge in [-0.25, -0.2) is 0 Å². The highest BCUT2D eigenvalue weighted by atomic mass is 16.5. The monoisotopic (exact) mass is 220 g/mol. The number of benzene rings is 1. The van der Waals surface area contributed by atoms with Crippen molar-refractivity contribution in [1.29, 1.82) is 0 Å². The first-order chi connectivity index (χ1) is 7.84. The molecule has 0 spiro atoms. The predicted molar refractivity (Wildman–Crippen MR) is 67.5 cm³/mol. The molecule has 0 saturated heterocycles. The van der Waals surface area contributed by atoms with Gasteiger partial charge in [-0.2, -0.15) is 0 Å². The second-order valence-electron chi connectivity index (χ2n) is 4.42. The van der Waals surface area contributed by atoms with E-state index in [1.165, 1.54) is 12.8 Å². The molecular weight excluding hydrogens is 200 g/mol. The topological polar surface area (TPSA) is 47.3 Å². The third-order valence-electron chi connectivity index (χ3n) is 2.76. The van der Waals surface area contributed by atoms with Crippen LogP contribution >= 0.6 is 0 Å². The van der Waals surface area contributed by atoms with Gasteiger partial charge in [0.25, 0.3) is 0 Å². The molecule has 3 nitrogen and oxygen atoms in total. The Bertz CT molecular complexity index is 306. The molecule has 1 aliphatic rings. The first-order valence-corrected chi connectivity index (χ1v) is 6.02. The molecule has 88 valence electrons. The van der Waals surface area contributed by atoms with Crippen molar-refractivity contribution in [2.24, 2.45) is 5.92 Å². The van der Waals surface area contributed by atoms with Crippen molar-refractivity contribution in [2.45, 2.75) is 19.3 Å². The van der Waals surface area contributed by atoms with Crippen LogP contribution in [0.5, 0.6) is 0 Å². The maximum absolute atomic E-state index is 5.61. The molecule has 3 N–H and O–H groups in total. The third-order valence-corrected chi connectivity index (χ3v) is 2.76. The van der Waals surface area contributed by atoms with Gasteiger partial charge in [-0.05, 0) is 49.4 Å². The van der Waals surface area contributed by atoms with E-state index in [2.05, 4.69) is 5.32 Å². The lowest BCUT2D eigenvalue weighted by Gasteiger charge is -2.07. The Morgan fingerprint density at radius 2 is 2.00 bits per heavy atom. The maximum Gasteiger partial charge on any atom is 0.0494 e. The van der Waals surface area contributed by atoms with Crippen LogP contribution in [0.3, 0.4) is 0 Å². The van der Waals surface area contributed by atoms with E-state index >= 15 is 0 Å². The standard InChI is InChI=1S/C13H20N2O/c14-12-4-6-13(7-5-12)15-8-1-9-16-10-11-2-3-11/h4-7,11,15H,1-3,8-10,14H2. The number of nitrogens with two attached hydrogens (primary N) is 1. The van der Waals surface area contributed by atoms with Crippen LogP contribution in [0.2, 0.25) is 0 Å². The minimum atomic E-state index is 0.804. The normalized spacial score (nSPS) is 15.0. The van der Waals surface area contributed by atoms with Crippen LogP contribution in [0.4, 0.5) is 11.4 Å². The number of nitrogen functional groups attached to an aromatic ring is 1. The van der Waals surface area contributed by atoms with Crippen molar-refractivity contribution >= 4 is 11.4 Å². The molecule has 0 aliphatic heterocycles. The Morgan fingerprint density at radius 1 is 1.25 bits per heavy atom. The van der Waals surface area contributed by atoms with E-state index in [1.807, 2.05) is 24.3 Å². The summed E-state index contributed by atoms with van der Waals surface area (Å²) in [6.45, 7) is 2.77. The van der Waals surface area contributed by atoms with E-state index in [1.54, 1.807) is 0 Å². The average Bonchev–Trinajstić information content (AvgIpc) is 3.10. The molecule has 0 bridgehead atoms. The quantitative estimate of drug-likeness (QED) is 0.548. The summed E-state index contributed by atoms with van der Waals surface area (Å²) in [5, 5.41) is 3.34. The SMILES string of the molecule is Nc1ccc(NCCCOCC2CC2)cc1. The molecule has 0 unspecified atom stereocenters. The highest BCUT2D eigenvalue weighted by molar-refractivity contribution is 5.50. The summed E-state index contributed by atoms with van der Waals surface area (Å²) in [6, 6.07) is 7.82. The van der Waals surface area contributed by atoms with Crippen LogP contribution in [0, 0.1) is 5.92 Å². The number of hydrogen-bond donors (Lipinski definition) is 2. The van der Waals surface area contributed by atoms with Crippen molar-refractivity contribution in [2.75, 3.05) is 30.8 Å². The molecule has 0 aromatic heterocycles. The van der Waals surface area contributed by atoms with Gasteiger partial charge in [0.2, 0.25) is 0 Å². The van der Waals surface area contributed by atoms with Gasteiger partial charge in [-0.3, -0.25) is 0 Å². The summed E-state index contributed by atoms with van der Waals surface area (Å²) in [5.41, 5.74) is 7.53. The van der Waals surface area contributed by atoms with Crippen LogP contribution in [0.15, 0.2) is 24.3 Å². The van der Waals surface area contributed by atoms with Crippen LogP contribution in [0.1, 0.15) is 19.3 Å². The van der Waals surface area contributed by atoms with Gasteiger partial charge < -0.3 is 15.8 Å². The second-order valence-corrected chi connectivity index (χ2v) is 4.42. The van der Waals surface area contributed by atoms with Crippen molar-refractivity contribution in [3.63, 3.8) is 0 Å². The van der Waals surface area contributed by atoms with E-state index in [9.17, 15) is 0 Å². The van der Waals surface area contributed by atoms with Crippen molar-refractivity contribution < 1.29 is 4.74 Å². The molecule has 1 aliphatic carbocycles. The molecule has 2 rings (SSSR count). The van der Waals surface area contributed by atoms with E-state index in [0.717, 1.165) is 43.5 Å². The maximum atomic E-state index is 5.61. The lowest BCUT2D eigenvalue weighted by molar-refractivity contribution is 0.124. The van der Waals surface area contributed by atoms with E-state index in [-0.39, 0.29) is 0 Å². The molecule has 1 fully saturated rings. The average molecular weight is 220 g/mol. The highest BCUT2D eigenvalue weighted by Crippen LogP contribution is 2.28. The van der Waals surface area contributed by atoms with E-state index in [0.29, 0.717) is 0 Å². The van der Waals surface area contributed by atoms with Crippen LogP contribution in [-0.4, -0.2) is 19.8 Å². The lowest BCUT2D eigenvalue weighted by atomic mass is 10.3. The van der Waals surface area contributed by atoms with E-state index in [4.69, 9.17) is 10.5 Å². The van der Waals surface area contributed by atoms with Crippen LogP contribution in [-0.2, 0) is 4.74 Å². The van der Waals surface area contributed by atoms with Crippen LogP contribution < -0.4 is 11.1 Å². The fraction of sp³-hybridized carbons (Fsp3) is 0.538. The molecule has 0 atom stereocenters. The number of rotatable bonds is 7. The van der Waals surface area contributed by atoms with E-state index < -0.39 is 0 Å². The molecule has 1 aromatic carbocycles. The summed E-state index contributed by atoms with van der Waals surface area (Å²) in [4.78, 5) is 0.